The first-order valence-corrected chi connectivity index (χ1v) is 9.64. The molecule has 1 aromatic rings. The van der Waals surface area contributed by atoms with Gasteiger partial charge in [-0.25, -0.2) is 0 Å². The number of amides is 1. The maximum absolute atomic E-state index is 12.1. The van der Waals surface area contributed by atoms with Gasteiger partial charge in [0.2, 0.25) is 0 Å². The minimum absolute atomic E-state index is 0.102. The molecule has 7 heteroatoms. The number of methoxy groups -OCH3 is 1. The van der Waals surface area contributed by atoms with E-state index in [1.165, 1.54) is 0 Å². The molecule has 0 saturated heterocycles. The molecule has 0 aliphatic carbocycles. The van der Waals surface area contributed by atoms with Gasteiger partial charge in [-0.1, -0.05) is 0 Å². The Kier molecular flexibility index (Phi) is 9.20. The summed E-state index contributed by atoms with van der Waals surface area (Å²) in [6.45, 7) is 9.00. The fourth-order valence-electron chi connectivity index (χ4n) is 1.88. The van der Waals surface area contributed by atoms with E-state index >= 15 is 0 Å². The summed E-state index contributed by atoms with van der Waals surface area (Å²) in [7, 11) is 1.60. The van der Waals surface area contributed by atoms with E-state index in [0.717, 1.165) is 24.8 Å². The Morgan fingerprint density at radius 2 is 1.80 bits per heavy atom. The normalized spacial score (nSPS) is 11.8. The summed E-state index contributed by atoms with van der Waals surface area (Å²) in [5.74, 6) is 1.40. The summed E-state index contributed by atoms with van der Waals surface area (Å²) in [5.41, 5.74) is 0.614. The van der Waals surface area contributed by atoms with Crippen molar-refractivity contribution in [2.75, 3.05) is 39.5 Å². The van der Waals surface area contributed by atoms with Crippen LogP contribution in [0.25, 0.3) is 0 Å². The molecule has 0 aliphatic rings. The lowest BCUT2D eigenvalue weighted by atomic mass is 10.2. The molecular weight excluding hydrogens is 336 g/mol. The molecule has 0 spiro atoms. The zero-order valence-electron chi connectivity index (χ0n) is 15.8. The van der Waals surface area contributed by atoms with Gasteiger partial charge in [-0.15, -0.1) is 0 Å². The van der Waals surface area contributed by atoms with Crippen molar-refractivity contribution < 1.29 is 9.53 Å². The highest BCUT2D eigenvalue weighted by molar-refractivity contribution is 7.99. The van der Waals surface area contributed by atoms with Gasteiger partial charge in [-0.05, 0) is 51.3 Å². The summed E-state index contributed by atoms with van der Waals surface area (Å²) >= 11 is 1.79. The molecule has 0 aliphatic heterocycles. The van der Waals surface area contributed by atoms with Gasteiger partial charge in [-0.3, -0.25) is 9.79 Å². The molecule has 1 aromatic carbocycles. The molecule has 0 unspecified atom stereocenters. The topological polar surface area (TPSA) is 74.8 Å². The molecule has 0 aromatic heterocycles. The van der Waals surface area contributed by atoms with E-state index < -0.39 is 0 Å². The van der Waals surface area contributed by atoms with Crippen LogP contribution in [0.4, 0.5) is 0 Å². The highest BCUT2D eigenvalue weighted by Gasteiger charge is 2.15. The van der Waals surface area contributed by atoms with E-state index in [2.05, 4.69) is 41.0 Å². The Morgan fingerprint density at radius 3 is 2.36 bits per heavy atom. The van der Waals surface area contributed by atoms with E-state index in [4.69, 9.17) is 4.74 Å². The molecule has 1 amide bonds. The Bertz CT molecular complexity index is 559. The van der Waals surface area contributed by atoms with Crippen molar-refractivity contribution >= 4 is 23.6 Å². The second-order valence-electron chi connectivity index (χ2n) is 6.07. The minimum atomic E-state index is -0.102. The summed E-state index contributed by atoms with van der Waals surface area (Å²) in [4.78, 5) is 16.7. The summed E-state index contributed by atoms with van der Waals surface area (Å²) < 4.78 is 5.19. The van der Waals surface area contributed by atoms with Crippen LogP contribution >= 0.6 is 11.8 Å². The molecule has 0 saturated carbocycles. The fourth-order valence-corrected chi connectivity index (χ4v) is 2.07. The number of guanidine groups is 1. The van der Waals surface area contributed by atoms with Gasteiger partial charge < -0.3 is 20.7 Å². The predicted molar refractivity (Wildman–Crippen MR) is 107 cm³/mol. The lowest BCUT2D eigenvalue weighted by molar-refractivity contribution is 0.0954. The van der Waals surface area contributed by atoms with Gasteiger partial charge in [0, 0.05) is 29.9 Å². The minimum Gasteiger partial charge on any atom is -0.497 e. The van der Waals surface area contributed by atoms with Gasteiger partial charge >= 0.3 is 0 Å². The van der Waals surface area contributed by atoms with Crippen LogP contribution in [0.2, 0.25) is 0 Å². The monoisotopic (exact) mass is 366 g/mol. The van der Waals surface area contributed by atoms with Crippen molar-refractivity contribution in [1.29, 1.82) is 0 Å². The van der Waals surface area contributed by atoms with Crippen LogP contribution in [0.1, 0.15) is 31.1 Å². The van der Waals surface area contributed by atoms with E-state index in [1.807, 2.05) is 6.92 Å². The van der Waals surface area contributed by atoms with Crippen molar-refractivity contribution in [3.05, 3.63) is 29.8 Å². The van der Waals surface area contributed by atoms with Crippen molar-refractivity contribution in [2.45, 2.75) is 25.5 Å². The van der Waals surface area contributed by atoms with E-state index in [0.29, 0.717) is 18.7 Å². The van der Waals surface area contributed by atoms with Crippen LogP contribution in [0.3, 0.4) is 0 Å². The largest absolute Gasteiger partial charge is 0.497 e. The van der Waals surface area contributed by atoms with Crippen LogP contribution in [0.15, 0.2) is 29.3 Å². The first kappa shape index (κ1) is 21.2. The molecule has 0 heterocycles. The third kappa shape index (κ3) is 8.16. The molecular formula is C18H30N4O2S. The van der Waals surface area contributed by atoms with Crippen molar-refractivity contribution in [3.8, 4) is 5.75 Å². The molecule has 140 valence electrons. The van der Waals surface area contributed by atoms with Gasteiger partial charge in [0.25, 0.3) is 5.91 Å². The number of rotatable bonds is 9. The SMILES string of the molecule is CCNC(=NCC(C)(C)SC)NCCNC(=O)c1ccc(OC)cc1. The average Bonchev–Trinajstić information content (AvgIpc) is 2.63. The molecule has 3 N–H and O–H groups in total. The average molecular weight is 367 g/mol. The number of hydrogen-bond acceptors (Lipinski definition) is 4. The molecule has 0 bridgehead atoms. The number of aliphatic imine (C=N–C) groups is 1. The Balaban J connectivity index is 2.42. The molecule has 0 atom stereocenters. The third-order valence-electron chi connectivity index (χ3n) is 3.57. The number of benzene rings is 1. The Morgan fingerprint density at radius 1 is 1.16 bits per heavy atom. The van der Waals surface area contributed by atoms with Crippen molar-refractivity contribution in [2.24, 2.45) is 4.99 Å². The van der Waals surface area contributed by atoms with Crippen LogP contribution in [-0.4, -0.2) is 56.2 Å². The number of hydrogen-bond donors (Lipinski definition) is 3. The van der Waals surface area contributed by atoms with Gasteiger partial charge in [-0.2, -0.15) is 11.8 Å². The van der Waals surface area contributed by atoms with Crippen LogP contribution in [0, 0.1) is 0 Å². The zero-order chi connectivity index (χ0) is 18.7. The number of nitrogens with one attached hydrogen (secondary N) is 3. The number of carbonyl (C=O) groups excluding carboxylic acids is 1. The first-order chi connectivity index (χ1) is 11.9. The van der Waals surface area contributed by atoms with Gasteiger partial charge in [0.15, 0.2) is 5.96 Å². The first-order valence-electron chi connectivity index (χ1n) is 8.41. The van der Waals surface area contributed by atoms with Crippen LogP contribution < -0.4 is 20.7 Å². The molecule has 25 heavy (non-hydrogen) atoms. The van der Waals surface area contributed by atoms with E-state index in [1.54, 1.807) is 43.1 Å². The summed E-state index contributed by atoms with van der Waals surface area (Å²) in [5, 5.41) is 9.34. The lowest BCUT2D eigenvalue weighted by Gasteiger charge is -2.20. The van der Waals surface area contributed by atoms with Crippen molar-refractivity contribution in [1.82, 2.24) is 16.0 Å². The summed E-state index contributed by atoms with van der Waals surface area (Å²) in [6.07, 6.45) is 2.09. The number of nitrogens with zero attached hydrogens (tertiary/aromatic N) is 1. The highest BCUT2D eigenvalue weighted by Crippen LogP contribution is 2.20. The fraction of sp³-hybridized carbons (Fsp3) is 0.556. The van der Waals surface area contributed by atoms with Gasteiger partial charge in [0.1, 0.15) is 5.75 Å². The Labute approximate surface area is 155 Å². The maximum atomic E-state index is 12.1. The molecule has 6 nitrogen and oxygen atoms in total. The number of carbonyl (C=O) groups is 1. The van der Waals surface area contributed by atoms with Crippen LogP contribution in [0.5, 0.6) is 5.75 Å². The summed E-state index contributed by atoms with van der Waals surface area (Å²) in [6, 6.07) is 7.04. The quantitative estimate of drug-likeness (QED) is 0.355. The standard InChI is InChI=1S/C18H30N4O2S/c1-6-19-17(22-13-18(2,3)25-5)21-12-11-20-16(23)14-7-9-15(24-4)10-8-14/h7-10H,6,11-13H2,1-5H3,(H,20,23)(H2,19,21,22). The number of thioether (sulfide) groups is 1. The second kappa shape index (κ2) is 10.9. The van der Waals surface area contributed by atoms with Crippen LogP contribution in [-0.2, 0) is 0 Å². The molecule has 1 rings (SSSR count). The second-order valence-corrected chi connectivity index (χ2v) is 7.58. The Hall–Kier alpha value is -1.89. The molecule has 0 radical (unpaired) electrons. The van der Waals surface area contributed by atoms with Gasteiger partial charge in [0.05, 0.1) is 13.7 Å². The third-order valence-corrected chi connectivity index (χ3v) is 4.80. The van der Waals surface area contributed by atoms with E-state index in [-0.39, 0.29) is 10.7 Å². The zero-order valence-corrected chi connectivity index (χ0v) is 16.6. The van der Waals surface area contributed by atoms with E-state index in [9.17, 15) is 4.79 Å². The molecule has 0 fully saturated rings. The number of ether oxygens (including phenoxy) is 1. The maximum Gasteiger partial charge on any atom is 0.251 e. The predicted octanol–water partition coefficient (Wildman–Crippen LogP) is 2.12. The smallest absolute Gasteiger partial charge is 0.251 e. The van der Waals surface area contributed by atoms with Crippen molar-refractivity contribution in [3.63, 3.8) is 0 Å². The highest BCUT2D eigenvalue weighted by atomic mass is 32.2. The lowest BCUT2D eigenvalue weighted by Crippen LogP contribution is -2.42.